The van der Waals surface area contributed by atoms with Crippen LogP contribution < -0.4 is 15.5 Å². The Morgan fingerprint density at radius 2 is 1.96 bits per heavy atom. The number of benzene rings is 1. The number of halogens is 1. The number of rotatable bonds is 3. The van der Waals surface area contributed by atoms with Crippen LogP contribution in [0.5, 0.6) is 0 Å². The van der Waals surface area contributed by atoms with E-state index in [1.165, 1.54) is 0 Å². The molecule has 3 amide bonds. The first-order valence-corrected chi connectivity index (χ1v) is 8.37. The molecule has 130 valence electrons. The van der Waals surface area contributed by atoms with Crippen LogP contribution in [0.25, 0.3) is 0 Å². The molecule has 3 fully saturated rings. The van der Waals surface area contributed by atoms with Crippen molar-refractivity contribution in [3.63, 3.8) is 0 Å². The van der Waals surface area contributed by atoms with E-state index in [-0.39, 0.29) is 24.3 Å². The average molecular weight is 351 g/mol. The number of nitrogens with zero attached hydrogens (tertiary/aromatic N) is 2. The molecule has 1 aromatic rings. The van der Waals surface area contributed by atoms with E-state index in [0.717, 1.165) is 37.3 Å². The van der Waals surface area contributed by atoms with E-state index >= 15 is 0 Å². The Bertz CT molecular complexity index is 622. The number of nitrogens with one attached hydrogen (secondary N) is 2. The lowest BCUT2D eigenvalue weighted by atomic mass is 10.0. The molecule has 3 saturated heterocycles. The van der Waals surface area contributed by atoms with Gasteiger partial charge in [0.15, 0.2) is 0 Å². The molecule has 0 saturated carbocycles. The molecule has 24 heavy (non-hydrogen) atoms. The third-order valence-corrected chi connectivity index (χ3v) is 5.23. The van der Waals surface area contributed by atoms with Gasteiger partial charge in [-0.1, -0.05) is 12.1 Å². The van der Waals surface area contributed by atoms with E-state index < -0.39 is 0 Å². The molecule has 3 aliphatic rings. The predicted molar refractivity (Wildman–Crippen MR) is 94.6 cm³/mol. The van der Waals surface area contributed by atoms with E-state index in [9.17, 15) is 9.59 Å². The topological polar surface area (TPSA) is 64.7 Å². The monoisotopic (exact) mass is 350 g/mol. The first-order valence-electron chi connectivity index (χ1n) is 8.37. The minimum Gasteiger partial charge on any atom is -0.338 e. The number of amides is 3. The fraction of sp³-hybridized carbons (Fsp3) is 0.529. The van der Waals surface area contributed by atoms with Crippen LogP contribution in [0.1, 0.15) is 12.0 Å². The lowest BCUT2D eigenvalue weighted by Crippen LogP contribution is -2.39. The Hall–Kier alpha value is -1.79. The number of hydrogen-bond acceptors (Lipinski definition) is 3. The third kappa shape index (κ3) is 3.08. The zero-order valence-electron chi connectivity index (χ0n) is 13.5. The molecule has 0 spiro atoms. The SMILES string of the molecule is Cl.O=C1NCCN1c1ccc(CC(=O)N2CC[C@H]3CNC[C@H]32)cc1. The van der Waals surface area contributed by atoms with E-state index in [0.29, 0.717) is 31.5 Å². The van der Waals surface area contributed by atoms with Crippen molar-refractivity contribution in [2.24, 2.45) is 5.92 Å². The summed E-state index contributed by atoms with van der Waals surface area (Å²) in [7, 11) is 0. The van der Waals surface area contributed by atoms with Gasteiger partial charge in [0.05, 0.1) is 6.42 Å². The number of hydrogen-bond donors (Lipinski definition) is 2. The maximum Gasteiger partial charge on any atom is 0.321 e. The summed E-state index contributed by atoms with van der Waals surface area (Å²) in [6.07, 6.45) is 1.56. The largest absolute Gasteiger partial charge is 0.338 e. The smallest absolute Gasteiger partial charge is 0.321 e. The summed E-state index contributed by atoms with van der Waals surface area (Å²) in [5.41, 5.74) is 1.89. The average Bonchev–Trinajstić information content (AvgIpc) is 3.24. The zero-order chi connectivity index (χ0) is 15.8. The van der Waals surface area contributed by atoms with Crippen LogP contribution in [0.2, 0.25) is 0 Å². The van der Waals surface area contributed by atoms with Gasteiger partial charge in [-0.3, -0.25) is 9.69 Å². The summed E-state index contributed by atoms with van der Waals surface area (Å²) >= 11 is 0. The van der Waals surface area contributed by atoms with Crippen molar-refractivity contribution in [2.75, 3.05) is 37.6 Å². The van der Waals surface area contributed by atoms with Gasteiger partial charge in [-0.05, 0) is 30.0 Å². The molecule has 6 nitrogen and oxygen atoms in total. The molecule has 0 bridgehead atoms. The first-order chi connectivity index (χ1) is 11.2. The lowest BCUT2D eigenvalue weighted by Gasteiger charge is -2.23. The summed E-state index contributed by atoms with van der Waals surface area (Å²) in [6, 6.07) is 8.11. The van der Waals surface area contributed by atoms with Gasteiger partial charge in [0.2, 0.25) is 5.91 Å². The molecule has 0 radical (unpaired) electrons. The van der Waals surface area contributed by atoms with Crippen molar-refractivity contribution in [2.45, 2.75) is 18.9 Å². The molecule has 4 rings (SSSR count). The summed E-state index contributed by atoms with van der Waals surface area (Å²) in [4.78, 5) is 28.0. The van der Waals surface area contributed by atoms with Crippen LogP contribution in [0, 0.1) is 5.92 Å². The fourth-order valence-corrected chi connectivity index (χ4v) is 3.95. The van der Waals surface area contributed by atoms with Gasteiger partial charge >= 0.3 is 6.03 Å². The number of fused-ring (bicyclic) bond motifs is 1. The highest BCUT2D eigenvalue weighted by Gasteiger charge is 2.39. The van der Waals surface area contributed by atoms with Crippen molar-refractivity contribution < 1.29 is 9.59 Å². The van der Waals surface area contributed by atoms with Crippen LogP contribution >= 0.6 is 12.4 Å². The molecular formula is C17H23ClN4O2. The molecule has 0 aromatic heterocycles. The van der Waals surface area contributed by atoms with Crippen LogP contribution in [0.3, 0.4) is 0 Å². The molecule has 2 atom stereocenters. The highest BCUT2D eigenvalue weighted by Crippen LogP contribution is 2.28. The number of urea groups is 1. The van der Waals surface area contributed by atoms with Crippen molar-refractivity contribution in [3.8, 4) is 0 Å². The standard InChI is InChI=1S/C17H22N4O2.ClH/c22-16(21-7-5-13-10-18-11-15(13)21)9-12-1-3-14(4-2-12)20-8-6-19-17(20)23;/h1-4,13,15,18H,5-11H2,(H,19,23);1H/t13-,15+;/m0./s1. The number of carbonyl (C=O) groups is 2. The second-order valence-corrected chi connectivity index (χ2v) is 6.59. The van der Waals surface area contributed by atoms with Crippen LogP contribution in [0.4, 0.5) is 10.5 Å². The summed E-state index contributed by atoms with van der Waals surface area (Å²) in [5, 5.41) is 6.17. The van der Waals surface area contributed by atoms with Crippen LogP contribution in [-0.4, -0.2) is 55.6 Å². The van der Waals surface area contributed by atoms with E-state index in [1.54, 1.807) is 4.90 Å². The molecule has 2 N–H and O–H groups in total. The summed E-state index contributed by atoms with van der Waals surface area (Å²) in [5.74, 6) is 0.850. The lowest BCUT2D eigenvalue weighted by molar-refractivity contribution is -0.131. The number of likely N-dealkylation sites (tertiary alicyclic amines) is 1. The van der Waals surface area contributed by atoms with Gasteiger partial charge in [-0.2, -0.15) is 0 Å². The second kappa shape index (κ2) is 6.99. The maximum absolute atomic E-state index is 12.6. The van der Waals surface area contributed by atoms with E-state index in [1.807, 2.05) is 29.2 Å². The molecular weight excluding hydrogens is 328 g/mol. The number of carbonyl (C=O) groups excluding carboxylic acids is 2. The zero-order valence-corrected chi connectivity index (χ0v) is 14.3. The Kier molecular flexibility index (Phi) is 4.96. The Morgan fingerprint density at radius 1 is 1.17 bits per heavy atom. The second-order valence-electron chi connectivity index (χ2n) is 6.59. The highest BCUT2D eigenvalue weighted by atomic mass is 35.5. The minimum absolute atomic E-state index is 0. The van der Waals surface area contributed by atoms with Gasteiger partial charge in [-0.25, -0.2) is 4.79 Å². The van der Waals surface area contributed by atoms with Gasteiger partial charge in [0.25, 0.3) is 0 Å². The Morgan fingerprint density at radius 3 is 2.67 bits per heavy atom. The fourth-order valence-electron chi connectivity index (χ4n) is 3.95. The van der Waals surface area contributed by atoms with E-state index in [2.05, 4.69) is 10.6 Å². The van der Waals surface area contributed by atoms with Gasteiger partial charge in [0, 0.05) is 44.5 Å². The first kappa shape index (κ1) is 17.0. The number of anilines is 1. The van der Waals surface area contributed by atoms with Crippen LogP contribution in [0.15, 0.2) is 24.3 Å². The van der Waals surface area contributed by atoms with Crippen LogP contribution in [-0.2, 0) is 11.2 Å². The molecule has 3 aliphatic heterocycles. The van der Waals surface area contributed by atoms with Crippen molar-refractivity contribution in [3.05, 3.63) is 29.8 Å². The van der Waals surface area contributed by atoms with E-state index in [4.69, 9.17) is 0 Å². The quantitative estimate of drug-likeness (QED) is 0.855. The minimum atomic E-state index is -0.0503. The molecule has 7 heteroatoms. The Labute approximate surface area is 148 Å². The van der Waals surface area contributed by atoms with Crippen molar-refractivity contribution >= 4 is 30.0 Å². The molecule has 3 heterocycles. The molecule has 1 aromatic carbocycles. The van der Waals surface area contributed by atoms with Gasteiger partial charge in [0.1, 0.15) is 0 Å². The van der Waals surface area contributed by atoms with Crippen molar-refractivity contribution in [1.29, 1.82) is 0 Å². The predicted octanol–water partition coefficient (Wildman–Crippen LogP) is 1.00. The third-order valence-electron chi connectivity index (χ3n) is 5.23. The Balaban J connectivity index is 0.00000169. The molecule has 0 aliphatic carbocycles. The van der Waals surface area contributed by atoms with Gasteiger partial charge < -0.3 is 15.5 Å². The normalized spacial score (nSPS) is 25.4. The highest BCUT2D eigenvalue weighted by molar-refractivity contribution is 5.94. The van der Waals surface area contributed by atoms with Crippen molar-refractivity contribution in [1.82, 2.24) is 15.5 Å². The maximum atomic E-state index is 12.6. The summed E-state index contributed by atoms with van der Waals surface area (Å²) < 4.78 is 0. The van der Waals surface area contributed by atoms with Gasteiger partial charge in [-0.15, -0.1) is 12.4 Å². The molecule has 0 unspecified atom stereocenters. The summed E-state index contributed by atoms with van der Waals surface area (Å²) in [6.45, 7) is 4.24.